The molecular weight excluding hydrogens is 260 g/mol. The van der Waals surface area contributed by atoms with Gasteiger partial charge in [-0.05, 0) is 19.8 Å². The quantitative estimate of drug-likeness (QED) is 0.761. The molecule has 0 radical (unpaired) electrons. The smallest absolute Gasteiger partial charge is 0.323 e. The van der Waals surface area contributed by atoms with Crippen LogP contribution in [0.3, 0.4) is 0 Å². The number of aromatic amines is 1. The van der Waals surface area contributed by atoms with Crippen LogP contribution < -0.4 is 5.32 Å². The lowest BCUT2D eigenvalue weighted by Crippen LogP contribution is -2.48. The third kappa shape index (κ3) is 3.49. The molecule has 0 aliphatic heterocycles. The van der Waals surface area contributed by atoms with Crippen molar-refractivity contribution < 1.29 is 14.7 Å². The van der Waals surface area contributed by atoms with E-state index in [-0.39, 0.29) is 24.7 Å². The maximum absolute atomic E-state index is 12.3. The molecule has 1 aliphatic carbocycles. The molecule has 1 heterocycles. The summed E-state index contributed by atoms with van der Waals surface area (Å²) in [7, 11) is 0. The number of nitrogens with one attached hydrogen (secondary N) is 2. The van der Waals surface area contributed by atoms with Gasteiger partial charge in [-0.2, -0.15) is 5.10 Å². The van der Waals surface area contributed by atoms with E-state index in [0.29, 0.717) is 0 Å². The summed E-state index contributed by atoms with van der Waals surface area (Å²) >= 11 is 0. The lowest BCUT2D eigenvalue weighted by Gasteiger charge is -2.28. The number of aromatic nitrogens is 2. The van der Waals surface area contributed by atoms with E-state index in [9.17, 15) is 9.59 Å². The number of nitrogens with zero attached hydrogens (tertiary/aromatic N) is 2. The van der Waals surface area contributed by atoms with Gasteiger partial charge < -0.3 is 15.3 Å². The van der Waals surface area contributed by atoms with E-state index in [0.717, 1.165) is 31.2 Å². The van der Waals surface area contributed by atoms with E-state index in [1.807, 2.05) is 6.92 Å². The first kappa shape index (κ1) is 14.4. The maximum atomic E-state index is 12.3. The Kier molecular flexibility index (Phi) is 4.60. The van der Waals surface area contributed by atoms with E-state index < -0.39 is 5.97 Å². The summed E-state index contributed by atoms with van der Waals surface area (Å²) in [6, 6.07) is -0.505. The molecule has 1 aliphatic rings. The van der Waals surface area contributed by atoms with Gasteiger partial charge in [0, 0.05) is 17.8 Å². The molecule has 1 aromatic heterocycles. The summed E-state index contributed by atoms with van der Waals surface area (Å²) < 4.78 is 0. The van der Waals surface area contributed by atoms with Crippen LogP contribution in [0.4, 0.5) is 4.79 Å². The number of carbonyl (C=O) groups excluding carboxylic acids is 1. The molecule has 7 heteroatoms. The summed E-state index contributed by atoms with van der Waals surface area (Å²) in [5.41, 5.74) is 0.861. The third-order valence-electron chi connectivity index (χ3n) is 3.69. The molecule has 2 rings (SSSR count). The SMILES string of the molecule is CC(NC(=O)N(CC(=O)O)C1CCCC1)c1cn[nH]c1. The molecule has 3 N–H and O–H groups in total. The Hall–Kier alpha value is -2.05. The standard InChI is InChI=1S/C13H20N4O3/c1-9(10-6-14-15-7-10)16-13(20)17(8-12(18)19)11-4-2-3-5-11/h6-7,9,11H,2-5,8H2,1H3,(H,14,15)(H,16,20)(H,18,19). The first-order valence-electron chi connectivity index (χ1n) is 6.85. The molecule has 20 heavy (non-hydrogen) atoms. The highest BCUT2D eigenvalue weighted by molar-refractivity contribution is 5.80. The summed E-state index contributed by atoms with van der Waals surface area (Å²) in [6.45, 7) is 1.59. The van der Waals surface area contributed by atoms with Crippen molar-refractivity contribution in [3.63, 3.8) is 0 Å². The highest BCUT2D eigenvalue weighted by Gasteiger charge is 2.29. The lowest BCUT2D eigenvalue weighted by molar-refractivity contribution is -0.138. The summed E-state index contributed by atoms with van der Waals surface area (Å²) in [5.74, 6) is -0.983. The number of H-pyrrole nitrogens is 1. The van der Waals surface area contributed by atoms with Gasteiger partial charge in [-0.1, -0.05) is 12.8 Å². The Morgan fingerprint density at radius 2 is 2.25 bits per heavy atom. The zero-order valence-electron chi connectivity index (χ0n) is 11.5. The molecular formula is C13H20N4O3. The van der Waals surface area contributed by atoms with Gasteiger partial charge in [0.15, 0.2) is 0 Å². The molecule has 1 saturated carbocycles. The number of hydrogen-bond acceptors (Lipinski definition) is 3. The Bertz CT molecular complexity index is 454. The van der Waals surface area contributed by atoms with Crippen molar-refractivity contribution in [2.45, 2.75) is 44.7 Å². The molecule has 0 aromatic carbocycles. The van der Waals surface area contributed by atoms with E-state index in [4.69, 9.17) is 5.11 Å². The van der Waals surface area contributed by atoms with Crippen LogP contribution in [0.1, 0.15) is 44.2 Å². The predicted octanol–water partition coefficient (Wildman–Crippen LogP) is 1.51. The molecule has 1 fully saturated rings. The maximum Gasteiger partial charge on any atom is 0.323 e. The molecule has 0 spiro atoms. The number of carboxylic acids is 1. The number of urea groups is 1. The van der Waals surface area contributed by atoms with Crippen LogP contribution in [-0.4, -0.2) is 44.8 Å². The molecule has 1 atom stereocenters. The van der Waals surface area contributed by atoms with E-state index >= 15 is 0 Å². The fourth-order valence-corrected chi connectivity index (χ4v) is 2.58. The van der Waals surface area contributed by atoms with Gasteiger partial charge in [0.05, 0.1) is 12.2 Å². The minimum atomic E-state index is -0.983. The second-order valence-electron chi connectivity index (χ2n) is 5.16. The highest BCUT2D eigenvalue weighted by Crippen LogP contribution is 2.24. The first-order chi connectivity index (χ1) is 9.58. The monoisotopic (exact) mass is 280 g/mol. The van der Waals surface area contributed by atoms with Crippen molar-refractivity contribution >= 4 is 12.0 Å². The van der Waals surface area contributed by atoms with Gasteiger partial charge in [-0.15, -0.1) is 0 Å². The van der Waals surface area contributed by atoms with E-state index in [1.165, 1.54) is 4.90 Å². The van der Waals surface area contributed by atoms with E-state index in [1.54, 1.807) is 12.4 Å². The Balaban J connectivity index is 2.00. The number of carboxylic acid groups (broad SMARTS) is 1. The van der Waals surface area contributed by atoms with Crippen LogP contribution in [0.5, 0.6) is 0 Å². The largest absolute Gasteiger partial charge is 0.480 e. The van der Waals surface area contributed by atoms with Crippen molar-refractivity contribution in [1.29, 1.82) is 0 Å². The zero-order chi connectivity index (χ0) is 14.5. The Morgan fingerprint density at radius 3 is 2.80 bits per heavy atom. The summed E-state index contributed by atoms with van der Waals surface area (Å²) in [6.07, 6.45) is 7.20. The minimum absolute atomic E-state index is 0.0302. The average Bonchev–Trinajstić information content (AvgIpc) is 3.08. The van der Waals surface area contributed by atoms with Crippen LogP contribution in [0.15, 0.2) is 12.4 Å². The van der Waals surface area contributed by atoms with Gasteiger partial charge in [-0.25, -0.2) is 4.79 Å². The second-order valence-corrected chi connectivity index (χ2v) is 5.16. The van der Waals surface area contributed by atoms with Crippen LogP contribution in [0, 0.1) is 0 Å². The third-order valence-corrected chi connectivity index (χ3v) is 3.69. The molecule has 2 amide bonds. The van der Waals surface area contributed by atoms with Gasteiger partial charge in [0.1, 0.15) is 6.54 Å². The number of amides is 2. The van der Waals surface area contributed by atoms with Gasteiger partial charge in [0.2, 0.25) is 0 Å². The second kappa shape index (κ2) is 6.40. The predicted molar refractivity (Wildman–Crippen MR) is 72.1 cm³/mol. The Labute approximate surface area is 117 Å². The topological polar surface area (TPSA) is 98.3 Å². The van der Waals surface area contributed by atoms with Crippen LogP contribution >= 0.6 is 0 Å². The molecule has 1 unspecified atom stereocenters. The summed E-state index contributed by atoms with van der Waals surface area (Å²) in [5, 5.41) is 18.3. The van der Waals surface area contributed by atoms with Crippen LogP contribution in [0.25, 0.3) is 0 Å². The summed E-state index contributed by atoms with van der Waals surface area (Å²) in [4.78, 5) is 24.7. The van der Waals surface area contributed by atoms with E-state index in [2.05, 4.69) is 15.5 Å². The van der Waals surface area contributed by atoms with Crippen molar-refractivity contribution in [2.24, 2.45) is 0 Å². The normalized spacial score (nSPS) is 16.9. The number of hydrogen-bond donors (Lipinski definition) is 3. The fourth-order valence-electron chi connectivity index (χ4n) is 2.58. The number of aliphatic carboxylic acids is 1. The van der Waals surface area contributed by atoms with Crippen molar-refractivity contribution in [2.75, 3.05) is 6.54 Å². The first-order valence-corrected chi connectivity index (χ1v) is 6.85. The van der Waals surface area contributed by atoms with Crippen molar-refractivity contribution in [3.8, 4) is 0 Å². The Morgan fingerprint density at radius 1 is 1.55 bits per heavy atom. The highest BCUT2D eigenvalue weighted by atomic mass is 16.4. The molecule has 0 bridgehead atoms. The van der Waals surface area contributed by atoms with Gasteiger partial charge in [-0.3, -0.25) is 9.89 Å². The zero-order valence-corrected chi connectivity index (χ0v) is 11.5. The lowest BCUT2D eigenvalue weighted by atomic mass is 10.2. The number of rotatable bonds is 5. The van der Waals surface area contributed by atoms with Crippen LogP contribution in [0.2, 0.25) is 0 Å². The fraction of sp³-hybridized carbons (Fsp3) is 0.615. The van der Waals surface area contributed by atoms with Crippen LogP contribution in [-0.2, 0) is 4.79 Å². The number of carbonyl (C=O) groups is 2. The average molecular weight is 280 g/mol. The molecule has 7 nitrogen and oxygen atoms in total. The van der Waals surface area contributed by atoms with Crippen molar-refractivity contribution in [3.05, 3.63) is 18.0 Å². The van der Waals surface area contributed by atoms with Gasteiger partial charge >= 0.3 is 12.0 Å². The molecule has 1 aromatic rings. The molecule has 110 valence electrons. The molecule has 0 saturated heterocycles. The minimum Gasteiger partial charge on any atom is -0.480 e. The van der Waals surface area contributed by atoms with Crippen molar-refractivity contribution in [1.82, 2.24) is 20.4 Å². The van der Waals surface area contributed by atoms with Gasteiger partial charge in [0.25, 0.3) is 0 Å².